The van der Waals surface area contributed by atoms with Crippen LogP contribution in [0.15, 0.2) is 59.5 Å². The number of fused-ring (bicyclic) bond motifs is 1. The van der Waals surface area contributed by atoms with E-state index in [1.807, 2.05) is 0 Å². The first-order chi connectivity index (χ1) is 17.8. The van der Waals surface area contributed by atoms with Crippen molar-refractivity contribution >= 4 is 17.6 Å². The molecule has 37 heavy (non-hydrogen) atoms. The molecule has 0 spiro atoms. The molecule has 0 radical (unpaired) electrons. The van der Waals surface area contributed by atoms with Crippen LogP contribution in [0.4, 0.5) is 23.7 Å². The van der Waals surface area contributed by atoms with Crippen LogP contribution in [-0.4, -0.2) is 34.7 Å². The quantitative estimate of drug-likeness (QED) is 0.470. The molecule has 3 N–H and O–H groups in total. The van der Waals surface area contributed by atoms with Gasteiger partial charge in [0, 0.05) is 12.6 Å². The Morgan fingerprint density at radius 3 is 2.59 bits per heavy atom. The van der Waals surface area contributed by atoms with E-state index in [4.69, 9.17) is 4.74 Å². The topological polar surface area (TPSA) is 101 Å². The van der Waals surface area contributed by atoms with Crippen LogP contribution < -0.4 is 26.2 Å². The summed E-state index contributed by atoms with van der Waals surface area (Å²) in [6.07, 6.45) is 2.92. The van der Waals surface area contributed by atoms with Gasteiger partial charge in [-0.3, -0.25) is 9.59 Å². The standard InChI is InChI=1S/C26H23F3N4O4/c27-17-8-6-14(11-19(17)29)13-33-10-2-3-16(25(33)35)24(34)32-23-18(28)4-1-5-22(23)37-15-7-9-20-21(12-15)31-26(36)30-20/h1-6,8,10-11,15,20-21H,7,9,12-13H2,(H,32,34)(H2,30,31,36). The Morgan fingerprint density at radius 2 is 1.78 bits per heavy atom. The van der Waals surface area contributed by atoms with Gasteiger partial charge < -0.3 is 25.3 Å². The summed E-state index contributed by atoms with van der Waals surface area (Å²) in [6.45, 7) is -0.0968. The Hall–Kier alpha value is -4.28. The summed E-state index contributed by atoms with van der Waals surface area (Å²) in [5.41, 5.74) is -0.837. The fourth-order valence-corrected chi connectivity index (χ4v) is 4.70. The van der Waals surface area contributed by atoms with Crippen LogP contribution in [0.2, 0.25) is 0 Å². The molecule has 2 aromatic carbocycles. The van der Waals surface area contributed by atoms with Crippen LogP contribution in [0.3, 0.4) is 0 Å². The minimum absolute atomic E-state index is 0.0192. The number of amides is 3. The average molecular weight is 512 g/mol. The molecule has 2 aliphatic rings. The highest BCUT2D eigenvalue weighted by atomic mass is 19.2. The molecule has 1 saturated heterocycles. The van der Waals surface area contributed by atoms with Gasteiger partial charge in [-0.15, -0.1) is 0 Å². The number of aromatic nitrogens is 1. The molecule has 0 bridgehead atoms. The zero-order valence-electron chi connectivity index (χ0n) is 19.5. The fraction of sp³-hybridized carbons (Fsp3) is 0.269. The fourth-order valence-electron chi connectivity index (χ4n) is 4.70. The molecule has 2 heterocycles. The molecule has 1 aromatic heterocycles. The number of para-hydroxylation sites is 1. The van der Waals surface area contributed by atoms with Crippen LogP contribution >= 0.6 is 0 Å². The van der Waals surface area contributed by atoms with Gasteiger partial charge in [-0.2, -0.15) is 0 Å². The molecule has 192 valence electrons. The lowest BCUT2D eigenvalue weighted by Gasteiger charge is -2.31. The molecule has 5 rings (SSSR count). The van der Waals surface area contributed by atoms with E-state index in [0.717, 1.165) is 18.2 Å². The zero-order valence-corrected chi connectivity index (χ0v) is 19.5. The van der Waals surface area contributed by atoms with E-state index >= 15 is 0 Å². The minimum Gasteiger partial charge on any atom is -0.488 e. The molecule has 3 atom stereocenters. The number of halogens is 3. The van der Waals surface area contributed by atoms with Gasteiger partial charge in [-0.25, -0.2) is 18.0 Å². The van der Waals surface area contributed by atoms with Crippen molar-refractivity contribution in [1.29, 1.82) is 0 Å². The zero-order chi connectivity index (χ0) is 26.1. The van der Waals surface area contributed by atoms with Gasteiger partial charge in [0.05, 0.1) is 18.6 Å². The second-order valence-corrected chi connectivity index (χ2v) is 9.05. The van der Waals surface area contributed by atoms with Crippen molar-refractivity contribution in [3.8, 4) is 5.75 Å². The number of hydrogen-bond donors (Lipinski definition) is 3. The maximum absolute atomic E-state index is 14.8. The molecule has 3 unspecified atom stereocenters. The van der Waals surface area contributed by atoms with E-state index < -0.39 is 28.9 Å². The van der Waals surface area contributed by atoms with E-state index in [2.05, 4.69) is 16.0 Å². The number of hydrogen-bond acceptors (Lipinski definition) is 4. The molecule has 1 saturated carbocycles. The molecular weight excluding hydrogens is 489 g/mol. The predicted octanol–water partition coefficient (Wildman–Crippen LogP) is 3.55. The summed E-state index contributed by atoms with van der Waals surface area (Å²) in [7, 11) is 0. The van der Waals surface area contributed by atoms with Crippen molar-refractivity contribution < 1.29 is 27.5 Å². The third-order valence-electron chi connectivity index (χ3n) is 6.54. The first kappa shape index (κ1) is 24.4. The second-order valence-electron chi connectivity index (χ2n) is 9.05. The number of ether oxygens (including phenoxy) is 1. The summed E-state index contributed by atoms with van der Waals surface area (Å²) < 4.78 is 48.7. The molecule has 11 heteroatoms. The van der Waals surface area contributed by atoms with Crippen molar-refractivity contribution in [1.82, 2.24) is 15.2 Å². The van der Waals surface area contributed by atoms with Crippen molar-refractivity contribution in [3.05, 3.63) is 93.7 Å². The molecule has 3 amide bonds. The van der Waals surface area contributed by atoms with Gasteiger partial charge in [-0.05, 0) is 54.8 Å². The van der Waals surface area contributed by atoms with Gasteiger partial charge in [0.2, 0.25) is 0 Å². The lowest BCUT2D eigenvalue weighted by Crippen LogP contribution is -2.43. The monoisotopic (exact) mass is 512 g/mol. The number of urea groups is 1. The highest BCUT2D eigenvalue weighted by molar-refractivity contribution is 6.04. The highest BCUT2D eigenvalue weighted by Gasteiger charge is 2.38. The van der Waals surface area contributed by atoms with E-state index in [1.54, 1.807) is 0 Å². The van der Waals surface area contributed by atoms with Crippen molar-refractivity contribution in [2.75, 3.05) is 5.32 Å². The number of anilines is 1. The van der Waals surface area contributed by atoms with Gasteiger partial charge >= 0.3 is 6.03 Å². The summed E-state index contributed by atoms with van der Waals surface area (Å²) in [5, 5.41) is 8.12. The third kappa shape index (κ3) is 5.16. The number of carbonyl (C=O) groups is 2. The molecule has 8 nitrogen and oxygen atoms in total. The Morgan fingerprint density at radius 1 is 0.973 bits per heavy atom. The molecule has 2 fully saturated rings. The predicted molar refractivity (Wildman–Crippen MR) is 128 cm³/mol. The minimum atomic E-state index is -1.05. The second kappa shape index (κ2) is 10.00. The number of nitrogens with one attached hydrogen (secondary N) is 3. The summed E-state index contributed by atoms with van der Waals surface area (Å²) in [6, 6.07) is 9.81. The number of rotatable bonds is 6. The lowest BCUT2D eigenvalue weighted by molar-refractivity contribution is 0.102. The summed E-state index contributed by atoms with van der Waals surface area (Å²) in [5.74, 6) is -3.55. The Balaban J connectivity index is 1.33. The van der Waals surface area contributed by atoms with Crippen molar-refractivity contribution in [3.63, 3.8) is 0 Å². The lowest BCUT2D eigenvalue weighted by atomic mass is 9.89. The summed E-state index contributed by atoms with van der Waals surface area (Å²) in [4.78, 5) is 37.5. The first-order valence-electron chi connectivity index (χ1n) is 11.8. The molecule has 1 aliphatic heterocycles. The van der Waals surface area contributed by atoms with E-state index in [1.165, 1.54) is 41.1 Å². The Bertz CT molecular complexity index is 1430. The maximum atomic E-state index is 14.8. The van der Waals surface area contributed by atoms with E-state index in [9.17, 15) is 27.6 Å². The number of nitrogens with zero attached hydrogens (tertiary/aromatic N) is 1. The molecule has 1 aliphatic carbocycles. The Labute approximate surface area is 209 Å². The smallest absolute Gasteiger partial charge is 0.315 e. The first-order valence-corrected chi connectivity index (χ1v) is 11.8. The number of benzene rings is 2. The summed E-state index contributed by atoms with van der Waals surface area (Å²) >= 11 is 0. The number of carbonyl (C=O) groups excluding carboxylic acids is 2. The van der Waals surface area contributed by atoms with Gasteiger partial charge in [0.1, 0.15) is 23.1 Å². The largest absolute Gasteiger partial charge is 0.488 e. The molecular formula is C26H23F3N4O4. The maximum Gasteiger partial charge on any atom is 0.315 e. The van der Waals surface area contributed by atoms with Crippen LogP contribution in [-0.2, 0) is 6.54 Å². The van der Waals surface area contributed by atoms with Crippen LogP contribution in [0.1, 0.15) is 35.2 Å². The normalized spacial score (nSPS) is 20.5. The Kier molecular flexibility index (Phi) is 6.60. The van der Waals surface area contributed by atoms with Crippen LogP contribution in [0.5, 0.6) is 5.75 Å². The van der Waals surface area contributed by atoms with Gasteiger partial charge in [0.25, 0.3) is 11.5 Å². The number of pyridine rings is 1. The highest BCUT2D eigenvalue weighted by Crippen LogP contribution is 2.32. The van der Waals surface area contributed by atoms with E-state index in [0.29, 0.717) is 24.8 Å². The SMILES string of the molecule is O=C1NC2CCC(Oc3cccc(F)c3NC(=O)c3cccn(Cc4ccc(F)c(F)c4)c3=O)CC2N1. The van der Waals surface area contributed by atoms with Gasteiger partial charge in [0.15, 0.2) is 17.5 Å². The third-order valence-corrected chi connectivity index (χ3v) is 6.54. The van der Waals surface area contributed by atoms with Crippen molar-refractivity contribution in [2.24, 2.45) is 0 Å². The molecule has 3 aromatic rings. The van der Waals surface area contributed by atoms with Crippen molar-refractivity contribution in [2.45, 2.75) is 44.0 Å². The van der Waals surface area contributed by atoms with Crippen LogP contribution in [0.25, 0.3) is 0 Å². The van der Waals surface area contributed by atoms with Gasteiger partial charge in [-0.1, -0.05) is 12.1 Å². The van der Waals surface area contributed by atoms with E-state index in [-0.39, 0.29) is 47.8 Å². The van der Waals surface area contributed by atoms with Crippen LogP contribution in [0, 0.1) is 17.5 Å². The average Bonchev–Trinajstić information content (AvgIpc) is 3.24.